The van der Waals surface area contributed by atoms with Gasteiger partial charge in [-0.25, -0.2) is 0 Å². The maximum absolute atomic E-state index is 12.8. The number of nitrogens with zero attached hydrogens (tertiary/aromatic N) is 3. The van der Waals surface area contributed by atoms with Crippen molar-refractivity contribution in [3.8, 4) is 0 Å². The number of carbonyl (C=O) groups is 1. The summed E-state index contributed by atoms with van der Waals surface area (Å²) < 4.78 is 39.6. The Balaban J connectivity index is 0.00000156. The number of pyridine rings is 1. The molecule has 2 aromatic rings. The van der Waals surface area contributed by atoms with Crippen molar-refractivity contribution in [1.29, 1.82) is 0 Å². The SMILES string of the molecule is CC(C(=O)NCc1nnc2ccc(C(F)(F)F)cn12)C1CNC1.Cl.Cl. The summed E-state index contributed by atoms with van der Waals surface area (Å²) in [5, 5.41) is 13.5. The summed E-state index contributed by atoms with van der Waals surface area (Å²) >= 11 is 0. The second-order valence-corrected chi connectivity index (χ2v) is 5.68. The van der Waals surface area contributed by atoms with Gasteiger partial charge in [-0.2, -0.15) is 13.2 Å². The number of rotatable bonds is 4. The first-order chi connectivity index (χ1) is 10.9. The molecule has 1 aliphatic rings. The average Bonchev–Trinajstić information content (AvgIpc) is 2.84. The predicted molar refractivity (Wildman–Crippen MR) is 89.9 cm³/mol. The van der Waals surface area contributed by atoms with Gasteiger partial charge in [0.25, 0.3) is 0 Å². The van der Waals surface area contributed by atoms with Crippen LogP contribution in [0.4, 0.5) is 13.2 Å². The Morgan fingerprint density at radius 1 is 1.36 bits per heavy atom. The van der Waals surface area contributed by atoms with Crippen molar-refractivity contribution < 1.29 is 18.0 Å². The summed E-state index contributed by atoms with van der Waals surface area (Å²) in [6.07, 6.45) is -3.50. The molecule has 1 amide bonds. The number of hydrogen-bond acceptors (Lipinski definition) is 4. The lowest BCUT2D eigenvalue weighted by Gasteiger charge is -2.31. The quantitative estimate of drug-likeness (QED) is 0.825. The fraction of sp³-hybridized carbons (Fsp3) is 0.500. The molecule has 140 valence electrons. The topological polar surface area (TPSA) is 71.3 Å². The second-order valence-electron chi connectivity index (χ2n) is 5.68. The Morgan fingerprint density at radius 3 is 2.60 bits per heavy atom. The van der Waals surface area contributed by atoms with E-state index in [0.29, 0.717) is 11.6 Å². The molecule has 2 N–H and O–H groups in total. The summed E-state index contributed by atoms with van der Waals surface area (Å²) in [7, 11) is 0. The van der Waals surface area contributed by atoms with Crippen LogP contribution in [0.1, 0.15) is 18.3 Å². The molecule has 1 saturated heterocycles. The molecule has 1 atom stereocenters. The van der Waals surface area contributed by atoms with Gasteiger partial charge < -0.3 is 10.6 Å². The summed E-state index contributed by atoms with van der Waals surface area (Å²) in [6.45, 7) is 3.48. The number of nitrogens with one attached hydrogen (secondary N) is 2. The largest absolute Gasteiger partial charge is 0.417 e. The Kier molecular flexibility index (Phi) is 7.04. The van der Waals surface area contributed by atoms with Crippen LogP contribution in [-0.4, -0.2) is 33.6 Å². The van der Waals surface area contributed by atoms with Gasteiger partial charge in [0, 0.05) is 12.1 Å². The molecule has 2 aromatic heterocycles. The first kappa shape index (κ1) is 21.5. The summed E-state index contributed by atoms with van der Waals surface area (Å²) in [6, 6.07) is 2.21. The molecule has 0 aromatic carbocycles. The normalized spacial score (nSPS) is 15.7. The molecule has 25 heavy (non-hydrogen) atoms. The zero-order valence-corrected chi connectivity index (χ0v) is 14.8. The molecule has 3 heterocycles. The maximum atomic E-state index is 12.8. The minimum absolute atomic E-state index is 0. The molecule has 6 nitrogen and oxygen atoms in total. The average molecular weight is 400 g/mol. The van der Waals surface area contributed by atoms with E-state index in [2.05, 4.69) is 20.8 Å². The van der Waals surface area contributed by atoms with Crippen molar-refractivity contribution in [3.05, 3.63) is 29.7 Å². The van der Waals surface area contributed by atoms with Crippen molar-refractivity contribution in [2.45, 2.75) is 19.6 Å². The fourth-order valence-corrected chi connectivity index (χ4v) is 2.43. The Hall–Kier alpha value is -1.58. The number of carbonyl (C=O) groups excluding carboxylic acids is 1. The van der Waals surface area contributed by atoms with Gasteiger partial charge in [-0.15, -0.1) is 35.0 Å². The molecular weight excluding hydrogens is 382 g/mol. The summed E-state index contributed by atoms with van der Waals surface area (Å²) in [4.78, 5) is 12.1. The smallest absolute Gasteiger partial charge is 0.349 e. The van der Waals surface area contributed by atoms with Crippen molar-refractivity contribution in [2.24, 2.45) is 11.8 Å². The van der Waals surface area contributed by atoms with E-state index >= 15 is 0 Å². The number of fused-ring (bicyclic) bond motifs is 1. The molecule has 0 aliphatic carbocycles. The number of amides is 1. The predicted octanol–water partition coefficient (Wildman–Crippen LogP) is 2.06. The van der Waals surface area contributed by atoms with E-state index in [0.717, 1.165) is 25.4 Å². The van der Waals surface area contributed by atoms with Crippen LogP contribution >= 0.6 is 24.8 Å². The van der Waals surface area contributed by atoms with Gasteiger partial charge >= 0.3 is 6.18 Å². The van der Waals surface area contributed by atoms with E-state index in [9.17, 15) is 18.0 Å². The van der Waals surface area contributed by atoms with Crippen LogP contribution in [0.3, 0.4) is 0 Å². The molecule has 0 saturated carbocycles. The second kappa shape index (κ2) is 8.20. The number of alkyl halides is 3. The van der Waals surface area contributed by atoms with Gasteiger partial charge in [0.1, 0.15) is 0 Å². The van der Waals surface area contributed by atoms with Crippen LogP contribution < -0.4 is 10.6 Å². The fourth-order valence-electron chi connectivity index (χ4n) is 2.43. The Bertz CT molecular complexity index is 733. The molecule has 3 rings (SSSR count). The van der Waals surface area contributed by atoms with Crippen LogP contribution in [0, 0.1) is 11.8 Å². The molecule has 1 unspecified atom stereocenters. The minimum Gasteiger partial charge on any atom is -0.349 e. The molecule has 0 spiro atoms. The van der Waals surface area contributed by atoms with Gasteiger partial charge in [0.15, 0.2) is 11.5 Å². The summed E-state index contributed by atoms with van der Waals surface area (Å²) in [5.74, 6) is 0.266. The van der Waals surface area contributed by atoms with Crippen molar-refractivity contribution in [1.82, 2.24) is 25.2 Å². The van der Waals surface area contributed by atoms with E-state index in [1.165, 1.54) is 10.5 Å². The molecule has 1 fully saturated rings. The standard InChI is InChI=1S/C14H16F3N5O.2ClH/c1-8(9-4-18-5-9)13(23)19-6-12-21-20-11-3-2-10(7-22(11)12)14(15,16)17;;/h2-3,7-9,18H,4-6H2,1H3,(H,19,23);2*1H. The monoisotopic (exact) mass is 399 g/mol. The van der Waals surface area contributed by atoms with Crippen LogP contribution in [0.5, 0.6) is 0 Å². The van der Waals surface area contributed by atoms with Crippen LogP contribution in [0.15, 0.2) is 18.3 Å². The van der Waals surface area contributed by atoms with E-state index < -0.39 is 11.7 Å². The highest BCUT2D eigenvalue weighted by molar-refractivity contribution is 5.85. The maximum Gasteiger partial charge on any atom is 0.417 e. The number of aromatic nitrogens is 3. The van der Waals surface area contributed by atoms with Gasteiger partial charge in [0.2, 0.25) is 5.91 Å². The summed E-state index contributed by atoms with van der Waals surface area (Å²) in [5.41, 5.74) is -0.482. The zero-order valence-electron chi connectivity index (χ0n) is 13.2. The van der Waals surface area contributed by atoms with Crippen molar-refractivity contribution in [2.75, 3.05) is 13.1 Å². The lowest BCUT2D eigenvalue weighted by molar-refractivity contribution is -0.138. The molecule has 11 heteroatoms. The van der Waals surface area contributed by atoms with E-state index in [-0.39, 0.29) is 49.0 Å². The third-order valence-electron chi connectivity index (χ3n) is 4.15. The molecule has 0 radical (unpaired) electrons. The highest BCUT2D eigenvalue weighted by atomic mass is 35.5. The highest BCUT2D eigenvalue weighted by Gasteiger charge is 2.31. The number of hydrogen-bond donors (Lipinski definition) is 2. The van der Waals surface area contributed by atoms with Crippen molar-refractivity contribution >= 4 is 36.4 Å². The minimum atomic E-state index is -4.44. The molecule has 1 aliphatic heterocycles. The van der Waals surface area contributed by atoms with E-state index in [1.807, 2.05) is 6.92 Å². The third kappa shape index (κ3) is 4.53. The van der Waals surface area contributed by atoms with Crippen LogP contribution in [0.25, 0.3) is 5.65 Å². The highest BCUT2D eigenvalue weighted by Crippen LogP contribution is 2.29. The third-order valence-corrected chi connectivity index (χ3v) is 4.15. The molecule has 0 bridgehead atoms. The van der Waals surface area contributed by atoms with Gasteiger partial charge in [0.05, 0.1) is 12.1 Å². The molecular formula is C14H18Cl2F3N5O. The van der Waals surface area contributed by atoms with Crippen LogP contribution in [0.2, 0.25) is 0 Å². The van der Waals surface area contributed by atoms with E-state index in [1.54, 1.807) is 0 Å². The van der Waals surface area contributed by atoms with Gasteiger partial charge in [-0.05, 0) is 31.1 Å². The van der Waals surface area contributed by atoms with Gasteiger partial charge in [-0.3, -0.25) is 9.20 Å². The number of halogens is 5. The van der Waals surface area contributed by atoms with Crippen LogP contribution in [-0.2, 0) is 17.5 Å². The first-order valence-corrected chi connectivity index (χ1v) is 7.25. The Labute approximate surface area is 154 Å². The zero-order chi connectivity index (χ0) is 16.6. The van der Waals surface area contributed by atoms with Crippen molar-refractivity contribution in [3.63, 3.8) is 0 Å². The Morgan fingerprint density at radius 2 is 2.04 bits per heavy atom. The lowest BCUT2D eigenvalue weighted by atomic mass is 9.88. The van der Waals surface area contributed by atoms with Gasteiger partial charge in [-0.1, -0.05) is 6.92 Å². The lowest BCUT2D eigenvalue weighted by Crippen LogP contribution is -2.49. The first-order valence-electron chi connectivity index (χ1n) is 7.25. The van der Waals surface area contributed by atoms with E-state index in [4.69, 9.17) is 0 Å².